The number of nitrogens with zero attached hydrogens (tertiary/aromatic N) is 3. The van der Waals surface area contributed by atoms with Crippen LogP contribution in [0.25, 0.3) is 16.5 Å². The number of hydrogen-bond donors (Lipinski definition) is 1. The molecule has 4 rings (SSSR count). The molecular formula is C31H36N4O2. The van der Waals surface area contributed by atoms with Crippen LogP contribution in [0.3, 0.4) is 0 Å². The van der Waals surface area contributed by atoms with Gasteiger partial charge in [0.15, 0.2) is 0 Å². The molecule has 6 nitrogen and oxygen atoms in total. The summed E-state index contributed by atoms with van der Waals surface area (Å²) in [5, 5.41) is 9.92. The summed E-state index contributed by atoms with van der Waals surface area (Å²) in [5.41, 5.74) is 3.25. The van der Waals surface area contributed by atoms with Crippen LogP contribution in [0.4, 0.5) is 5.82 Å². The first kappa shape index (κ1) is 26.1. The van der Waals surface area contributed by atoms with Crippen LogP contribution >= 0.6 is 0 Å². The minimum absolute atomic E-state index is 0.0322. The highest BCUT2D eigenvalue weighted by atomic mass is 16.2. The number of carbonyl (C=O) groups excluding carboxylic acids is 2. The van der Waals surface area contributed by atoms with Gasteiger partial charge in [0, 0.05) is 23.6 Å². The zero-order valence-electron chi connectivity index (χ0n) is 22.4. The highest BCUT2D eigenvalue weighted by Crippen LogP contribution is 2.27. The fourth-order valence-electron chi connectivity index (χ4n) is 4.26. The first-order chi connectivity index (χ1) is 17.7. The maximum Gasteiger partial charge on any atom is 0.254 e. The maximum atomic E-state index is 13.5. The Balaban J connectivity index is 1.59. The quantitative estimate of drug-likeness (QED) is 0.302. The zero-order chi connectivity index (χ0) is 26.6. The Morgan fingerprint density at radius 3 is 2.41 bits per heavy atom. The van der Waals surface area contributed by atoms with Gasteiger partial charge in [0.1, 0.15) is 12.4 Å². The lowest BCUT2D eigenvalue weighted by Gasteiger charge is -2.22. The van der Waals surface area contributed by atoms with Crippen molar-refractivity contribution in [1.29, 1.82) is 0 Å². The van der Waals surface area contributed by atoms with Crippen molar-refractivity contribution in [1.82, 2.24) is 14.7 Å². The number of anilines is 1. The number of nitrogens with one attached hydrogen (secondary N) is 1. The average Bonchev–Trinajstić information content (AvgIpc) is 3.30. The Morgan fingerprint density at radius 1 is 0.946 bits per heavy atom. The van der Waals surface area contributed by atoms with E-state index in [1.54, 1.807) is 9.58 Å². The number of unbranched alkanes of at least 4 members (excludes halogenated alkanes) is 1. The van der Waals surface area contributed by atoms with E-state index in [4.69, 9.17) is 5.10 Å². The average molecular weight is 497 g/mol. The topological polar surface area (TPSA) is 67.2 Å². The summed E-state index contributed by atoms with van der Waals surface area (Å²) < 4.78 is 1.77. The molecule has 3 aromatic carbocycles. The summed E-state index contributed by atoms with van der Waals surface area (Å²) in [7, 11) is 0. The summed E-state index contributed by atoms with van der Waals surface area (Å²) in [4.78, 5) is 28.4. The van der Waals surface area contributed by atoms with Crippen LogP contribution in [0.5, 0.6) is 0 Å². The summed E-state index contributed by atoms with van der Waals surface area (Å²) in [6.07, 6.45) is 1.75. The molecule has 0 aliphatic carbocycles. The molecule has 4 aromatic rings. The zero-order valence-corrected chi connectivity index (χ0v) is 22.4. The lowest BCUT2D eigenvalue weighted by molar-refractivity contribution is -0.117. The third-order valence-electron chi connectivity index (χ3n) is 6.39. The Labute approximate surface area is 219 Å². The molecule has 0 spiro atoms. The molecule has 0 saturated heterocycles. The summed E-state index contributed by atoms with van der Waals surface area (Å²) in [6.45, 7) is 10.9. The smallest absolute Gasteiger partial charge is 0.254 e. The SMILES string of the molecule is CCCCN(CC(=O)Nc1cc(C(C)(C)C)nn1-c1cccc(C)c1)C(=O)c1ccc2ccccc2c1. The van der Waals surface area contributed by atoms with E-state index >= 15 is 0 Å². The van der Waals surface area contributed by atoms with Gasteiger partial charge in [0.05, 0.1) is 11.4 Å². The molecule has 0 fully saturated rings. The molecule has 0 unspecified atom stereocenters. The molecule has 1 aromatic heterocycles. The van der Waals surface area contributed by atoms with Crippen molar-refractivity contribution < 1.29 is 9.59 Å². The van der Waals surface area contributed by atoms with Gasteiger partial charge in [0.2, 0.25) is 5.91 Å². The molecule has 2 amide bonds. The van der Waals surface area contributed by atoms with E-state index in [0.717, 1.165) is 40.6 Å². The van der Waals surface area contributed by atoms with Gasteiger partial charge in [-0.25, -0.2) is 4.68 Å². The fourth-order valence-corrected chi connectivity index (χ4v) is 4.26. The van der Waals surface area contributed by atoms with Gasteiger partial charge in [-0.3, -0.25) is 9.59 Å². The fraction of sp³-hybridized carbons (Fsp3) is 0.323. The number of aromatic nitrogens is 2. The molecule has 0 aliphatic heterocycles. The van der Waals surface area contributed by atoms with Crippen LogP contribution in [0.15, 0.2) is 72.8 Å². The summed E-state index contributed by atoms with van der Waals surface area (Å²) >= 11 is 0. The Morgan fingerprint density at radius 2 is 1.70 bits per heavy atom. The van der Waals surface area contributed by atoms with E-state index in [1.165, 1.54) is 0 Å². The van der Waals surface area contributed by atoms with Crippen LogP contribution in [0, 0.1) is 6.92 Å². The van der Waals surface area contributed by atoms with E-state index in [-0.39, 0.29) is 23.8 Å². The number of aryl methyl sites for hydroxylation is 1. The number of carbonyl (C=O) groups is 2. The molecule has 37 heavy (non-hydrogen) atoms. The minimum Gasteiger partial charge on any atom is -0.329 e. The van der Waals surface area contributed by atoms with E-state index in [2.05, 4.69) is 33.0 Å². The first-order valence-corrected chi connectivity index (χ1v) is 12.9. The maximum absolute atomic E-state index is 13.5. The molecule has 1 heterocycles. The van der Waals surface area contributed by atoms with E-state index in [1.807, 2.05) is 79.7 Å². The number of hydrogen-bond acceptors (Lipinski definition) is 3. The molecule has 0 saturated carbocycles. The number of benzene rings is 3. The van der Waals surface area contributed by atoms with E-state index in [9.17, 15) is 9.59 Å². The number of fused-ring (bicyclic) bond motifs is 1. The van der Waals surface area contributed by atoms with Crippen molar-refractivity contribution in [3.05, 3.63) is 89.6 Å². The second-order valence-corrected chi connectivity index (χ2v) is 10.6. The summed E-state index contributed by atoms with van der Waals surface area (Å²) in [6, 6.07) is 23.6. The molecule has 0 radical (unpaired) electrons. The van der Waals surface area contributed by atoms with Crippen molar-refractivity contribution >= 4 is 28.4 Å². The molecule has 0 aliphatic rings. The van der Waals surface area contributed by atoms with Crippen LogP contribution in [0.2, 0.25) is 0 Å². The molecule has 192 valence electrons. The van der Waals surface area contributed by atoms with Gasteiger partial charge in [-0.05, 0) is 53.9 Å². The molecular weight excluding hydrogens is 460 g/mol. The lowest BCUT2D eigenvalue weighted by Crippen LogP contribution is -2.39. The largest absolute Gasteiger partial charge is 0.329 e. The monoisotopic (exact) mass is 496 g/mol. The highest BCUT2D eigenvalue weighted by molar-refractivity contribution is 6.01. The summed E-state index contributed by atoms with van der Waals surface area (Å²) in [5.74, 6) is 0.200. The van der Waals surface area contributed by atoms with Crippen molar-refractivity contribution in [3.8, 4) is 5.69 Å². The lowest BCUT2D eigenvalue weighted by atomic mass is 9.92. The van der Waals surface area contributed by atoms with Gasteiger partial charge in [-0.1, -0.05) is 76.6 Å². The number of rotatable bonds is 8. The van der Waals surface area contributed by atoms with Gasteiger partial charge >= 0.3 is 0 Å². The molecule has 0 atom stereocenters. The Kier molecular flexibility index (Phi) is 7.77. The van der Waals surface area contributed by atoms with E-state index in [0.29, 0.717) is 17.9 Å². The number of amides is 2. The minimum atomic E-state index is -0.250. The predicted molar refractivity (Wildman–Crippen MR) is 150 cm³/mol. The second-order valence-electron chi connectivity index (χ2n) is 10.6. The molecule has 1 N–H and O–H groups in total. The van der Waals surface area contributed by atoms with Crippen LogP contribution < -0.4 is 5.32 Å². The van der Waals surface area contributed by atoms with Gasteiger partial charge < -0.3 is 10.2 Å². The Hall–Kier alpha value is -3.93. The molecule has 0 bridgehead atoms. The third kappa shape index (κ3) is 6.26. The van der Waals surface area contributed by atoms with Crippen molar-refractivity contribution in [2.75, 3.05) is 18.4 Å². The van der Waals surface area contributed by atoms with E-state index < -0.39 is 0 Å². The standard InChI is InChI=1S/C31H36N4O2/c1-6-7-17-34(30(37)25-16-15-23-12-8-9-13-24(23)19-25)21-29(36)32-28-20-27(31(3,4)5)33-35(28)26-14-10-11-22(2)18-26/h8-16,18-20H,6-7,17,21H2,1-5H3,(H,32,36). The van der Waals surface area contributed by atoms with Gasteiger partial charge in [0.25, 0.3) is 5.91 Å². The van der Waals surface area contributed by atoms with Crippen LogP contribution in [-0.4, -0.2) is 39.6 Å². The van der Waals surface area contributed by atoms with Crippen LogP contribution in [-0.2, 0) is 10.2 Å². The van der Waals surface area contributed by atoms with Crippen molar-refractivity contribution in [2.24, 2.45) is 0 Å². The Bertz CT molecular complexity index is 1410. The first-order valence-electron chi connectivity index (χ1n) is 12.9. The van der Waals surface area contributed by atoms with Crippen molar-refractivity contribution in [3.63, 3.8) is 0 Å². The second kappa shape index (κ2) is 11.0. The molecule has 6 heteroatoms. The highest BCUT2D eigenvalue weighted by Gasteiger charge is 2.23. The van der Waals surface area contributed by atoms with Crippen LogP contribution in [0.1, 0.15) is 62.2 Å². The predicted octanol–water partition coefficient (Wildman–Crippen LogP) is 6.51. The third-order valence-corrected chi connectivity index (χ3v) is 6.39. The van der Waals surface area contributed by atoms with Gasteiger partial charge in [-0.2, -0.15) is 5.10 Å². The van der Waals surface area contributed by atoms with Crippen molar-refractivity contribution in [2.45, 2.75) is 52.9 Å². The van der Waals surface area contributed by atoms with Gasteiger partial charge in [-0.15, -0.1) is 0 Å². The normalized spacial score (nSPS) is 11.5.